The number of fused-ring (bicyclic) bond motifs is 2. The summed E-state index contributed by atoms with van der Waals surface area (Å²) in [6.07, 6.45) is 3.51. The standard InChI is InChI=1S/C26H21BNO2/c1-19(17-18-20(2)30-27-29)28(25-15-7-11-21-9-3-5-13-23(21)25)26-16-8-12-22-10-4-6-14-24(22)26/h3-18,29H,1-2H2/b18-17-. The zero-order valence-electron chi connectivity index (χ0n) is 16.5. The summed E-state index contributed by atoms with van der Waals surface area (Å²) in [7, 11) is 0.614. The van der Waals surface area contributed by atoms with Crippen LogP contribution in [0, 0.1) is 0 Å². The van der Waals surface area contributed by atoms with E-state index in [1.165, 1.54) is 0 Å². The molecule has 1 N–H and O–H groups in total. The van der Waals surface area contributed by atoms with Crippen molar-refractivity contribution in [1.82, 2.24) is 0 Å². The van der Waals surface area contributed by atoms with Gasteiger partial charge in [-0.1, -0.05) is 86.0 Å². The van der Waals surface area contributed by atoms with Gasteiger partial charge in [0.15, 0.2) is 0 Å². The number of nitrogens with zero attached hydrogens (tertiary/aromatic N) is 1. The monoisotopic (exact) mass is 390 g/mol. The topological polar surface area (TPSA) is 32.7 Å². The highest BCUT2D eigenvalue weighted by molar-refractivity contribution is 6.16. The smallest absolute Gasteiger partial charge is 0.538 e. The first-order valence-corrected chi connectivity index (χ1v) is 9.63. The Morgan fingerprint density at radius 1 is 0.733 bits per heavy atom. The second-order valence-corrected chi connectivity index (χ2v) is 6.85. The molecule has 0 fully saturated rings. The van der Waals surface area contributed by atoms with Gasteiger partial charge in [-0.3, -0.25) is 0 Å². The van der Waals surface area contributed by atoms with Gasteiger partial charge in [0.25, 0.3) is 0 Å². The van der Waals surface area contributed by atoms with Crippen LogP contribution >= 0.6 is 0 Å². The first kappa shape index (κ1) is 19.6. The maximum Gasteiger partial charge on any atom is 0.569 e. The van der Waals surface area contributed by atoms with E-state index < -0.39 is 0 Å². The summed E-state index contributed by atoms with van der Waals surface area (Å²) >= 11 is 0. The van der Waals surface area contributed by atoms with Gasteiger partial charge in [-0.25, -0.2) is 0 Å². The molecule has 1 radical (unpaired) electrons. The summed E-state index contributed by atoms with van der Waals surface area (Å²) in [5.74, 6) is 0.314. The van der Waals surface area contributed by atoms with E-state index in [0.29, 0.717) is 13.4 Å². The summed E-state index contributed by atoms with van der Waals surface area (Å²) in [4.78, 5) is 2.14. The van der Waals surface area contributed by atoms with Gasteiger partial charge in [0.1, 0.15) is 0 Å². The minimum atomic E-state index is 0.314. The van der Waals surface area contributed by atoms with Crippen LogP contribution in [0.15, 0.2) is 122 Å². The van der Waals surface area contributed by atoms with Crippen molar-refractivity contribution >= 4 is 40.6 Å². The van der Waals surface area contributed by atoms with Gasteiger partial charge in [-0.2, -0.15) is 0 Å². The van der Waals surface area contributed by atoms with Gasteiger partial charge in [0, 0.05) is 16.5 Å². The molecule has 0 saturated heterocycles. The van der Waals surface area contributed by atoms with Crippen LogP contribution in [-0.4, -0.2) is 12.7 Å². The second-order valence-electron chi connectivity index (χ2n) is 6.85. The highest BCUT2D eigenvalue weighted by atomic mass is 16.5. The molecule has 0 heterocycles. The molecule has 4 aromatic carbocycles. The average molecular weight is 390 g/mol. The van der Waals surface area contributed by atoms with Crippen molar-refractivity contribution in [3.05, 3.63) is 122 Å². The quantitative estimate of drug-likeness (QED) is 0.230. The van der Waals surface area contributed by atoms with E-state index in [9.17, 15) is 0 Å². The maximum atomic E-state index is 8.83. The Morgan fingerprint density at radius 2 is 1.23 bits per heavy atom. The van der Waals surface area contributed by atoms with Crippen LogP contribution in [0.5, 0.6) is 0 Å². The van der Waals surface area contributed by atoms with Crippen LogP contribution in [0.1, 0.15) is 0 Å². The van der Waals surface area contributed by atoms with Crippen LogP contribution < -0.4 is 4.90 Å². The highest BCUT2D eigenvalue weighted by Crippen LogP contribution is 2.38. The van der Waals surface area contributed by atoms with Crippen LogP contribution in [0.3, 0.4) is 0 Å². The summed E-state index contributed by atoms with van der Waals surface area (Å²) in [5, 5.41) is 13.4. The van der Waals surface area contributed by atoms with Gasteiger partial charge < -0.3 is 14.6 Å². The first-order valence-electron chi connectivity index (χ1n) is 9.63. The summed E-state index contributed by atoms with van der Waals surface area (Å²) in [5.41, 5.74) is 2.80. The van der Waals surface area contributed by atoms with Crippen molar-refractivity contribution in [2.45, 2.75) is 0 Å². The Balaban J connectivity index is 1.91. The molecule has 0 aliphatic carbocycles. The minimum absolute atomic E-state index is 0.314. The number of hydrogen-bond donors (Lipinski definition) is 1. The molecule has 4 aromatic rings. The molecule has 0 amide bonds. The molecular weight excluding hydrogens is 369 g/mol. The van der Waals surface area contributed by atoms with Crippen molar-refractivity contribution in [1.29, 1.82) is 0 Å². The summed E-state index contributed by atoms with van der Waals surface area (Å²) in [6, 6.07) is 29.1. The lowest BCUT2D eigenvalue weighted by Crippen LogP contribution is -2.15. The zero-order chi connectivity index (χ0) is 20.9. The molecule has 0 unspecified atom stereocenters. The molecule has 0 aliphatic rings. The maximum absolute atomic E-state index is 8.83. The highest BCUT2D eigenvalue weighted by Gasteiger charge is 2.16. The molecule has 30 heavy (non-hydrogen) atoms. The Labute approximate surface area is 177 Å². The van der Waals surface area contributed by atoms with Crippen molar-refractivity contribution in [3.63, 3.8) is 0 Å². The van der Waals surface area contributed by atoms with Gasteiger partial charge in [0.2, 0.25) is 0 Å². The van der Waals surface area contributed by atoms with Gasteiger partial charge >= 0.3 is 7.69 Å². The van der Waals surface area contributed by atoms with Crippen LogP contribution in [0.2, 0.25) is 0 Å². The lowest BCUT2D eigenvalue weighted by atomic mass is 10.0. The van der Waals surface area contributed by atoms with E-state index in [1.807, 2.05) is 30.3 Å². The van der Waals surface area contributed by atoms with Crippen LogP contribution in [0.4, 0.5) is 11.4 Å². The molecule has 0 bridgehead atoms. The van der Waals surface area contributed by atoms with E-state index >= 15 is 0 Å². The zero-order valence-corrected chi connectivity index (χ0v) is 16.5. The normalized spacial score (nSPS) is 11.0. The van der Waals surface area contributed by atoms with Crippen molar-refractivity contribution in [3.8, 4) is 0 Å². The Hall–Kier alpha value is -3.76. The molecule has 4 rings (SSSR count). The Kier molecular flexibility index (Phi) is 5.69. The molecular formula is C26H21BNO2. The van der Waals surface area contributed by atoms with Crippen molar-refractivity contribution < 1.29 is 9.68 Å². The molecule has 4 heteroatoms. The van der Waals surface area contributed by atoms with Crippen LogP contribution in [0.25, 0.3) is 21.5 Å². The summed E-state index contributed by atoms with van der Waals surface area (Å²) in [6.45, 7) is 8.08. The molecule has 0 aliphatic heterocycles. The van der Waals surface area contributed by atoms with E-state index in [-0.39, 0.29) is 0 Å². The number of rotatable bonds is 7. The molecule has 0 saturated carbocycles. The van der Waals surface area contributed by atoms with E-state index in [4.69, 9.17) is 9.68 Å². The summed E-state index contributed by atoms with van der Waals surface area (Å²) < 4.78 is 4.91. The van der Waals surface area contributed by atoms with Crippen molar-refractivity contribution in [2.24, 2.45) is 0 Å². The van der Waals surface area contributed by atoms with E-state index in [1.54, 1.807) is 6.08 Å². The number of allylic oxidation sites excluding steroid dienone is 2. The third kappa shape index (κ3) is 3.86. The molecule has 3 nitrogen and oxygen atoms in total. The third-order valence-corrected chi connectivity index (χ3v) is 4.97. The fourth-order valence-corrected chi connectivity index (χ4v) is 3.62. The third-order valence-electron chi connectivity index (χ3n) is 4.97. The predicted octanol–water partition coefficient (Wildman–Crippen LogP) is 6.26. The Bertz CT molecular complexity index is 1170. The van der Waals surface area contributed by atoms with Crippen LogP contribution in [-0.2, 0) is 4.65 Å². The lowest BCUT2D eigenvalue weighted by Gasteiger charge is -2.28. The molecule has 145 valence electrons. The molecule has 0 aromatic heterocycles. The number of hydrogen-bond acceptors (Lipinski definition) is 3. The lowest BCUT2D eigenvalue weighted by molar-refractivity contribution is 0.384. The fraction of sp³-hybridized carbons (Fsp3) is 0. The number of benzene rings is 4. The molecule has 0 spiro atoms. The predicted molar refractivity (Wildman–Crippen MR) is 127 cm³/mol. The van der Waals surface area contributed by atoms with Gasteiger partial charge in [-0.05, 0) is 35.1 Å². The Morgan fingerprint density at radius 3 is 1.77 bits per heavy atom. The average Bonchev–Trinajstić information content (AvgIpc) is 2.78. The van der Waals surface area contributed by atoms with E-state index in [2.05, 4.69) is 78.7 Å². The van der Waals surface area contributed by atoms with Crippen molar-refractivity contribution in [2.75, 3.05) is 4.90 Å². The van der Waals surface area contributed by atoms with Gasteiger partial charge in [0.05, 0.1) is 17.1 Å². The fourth-order valence-electron chi connectivity index (χ4n) is 3.62. The first-order chi connectivity index (χ1) is 14.7. The second kappa shape index (κ2) is 8.72. The number of anilines is 2. The van der Waals surface area contributed by atoms with Gasteiger partial charge in [-0.15, -0.1) is 0 Å². The van der Waals surface area contributed by atoms with E-state index in [0.717, 1.165) is 38.6 Å². The minimum Gasteiger partial charge on any atom is -0.538 e. The molecule has 0 atom stereocenters. The SMILES string of the molecule is C=C(/C=C\C(=C)N(c1cccc2ccccc12)c1cccc2ccccc12)O[B]O. The largest absolute Gasteiger partial charge is 0.569 e.